The Kier molecular flexibility index (Phi) is 2.33. The molecule has 0 fully saturated rings. The molecule has 0 radical (unpaired) electrons. The summed E-state index contributed by atoms with van der Waals surface area (Å²) in [7, 11) is 0. The van der Waals surface area contributed by atoms with Crippen LogP contribution in [-0.2, 0) is 6.42 Å². The van der Waals surface area contributed by atoms with E-state index >= 15 is 0 Å². The number of nitriles is 1. The van der Waals surface area contributed by atoms with E-state index < -0.39 is 0 Å². The lowest BCUT2D eigenvalue weighted by molar-refractivity contribution is 0.297. The molecule has 1 N–H and O–H groups in total. The molecule has 2 aromatic rings. The van der Waals surface area contributed by atoms with Crippen LogP contribution in [0.5, 0.6) is 11.5 Å². The monoisotopic (exact) mass is 229 g/mol. The Morgan fingerprint density at radius 1 is 1.29 bits per heavy atom. The van der Waals surface area contributed by atoms with Crippen LogP contribution in [-0.4, -0.2) is 23.2 Å². The Bertz CT molecular complexity index is 555. The van der Waals surface area contributed by atoms with Crippen molar-refractivity contribution in [2.75, 3.05) is 13.2 Å². The second-order valence-corrected chi connectivity index (χ2v) is 3.88. The molecule has 3 rings (SSSR count). The standard InChI is InChI=1S/C12H11N3O2/c13-3-2-12-14-8-6-10-11(7-9(8)15-12)17-5-1-4-16-10/h6-7H,1-2,4-5H2,(H,14,15). The lowest BCUT2D eigenvalue weighted by Gasteiger charge is -2.05. The first kappa shape index (κ1) is 9.97. The Morgan fingerprint density at radius 3 is 2.82 bits per heavy atom. The molecule has 0 saturated heterocycles. The van der Waals surface area contributed by atoms with Gasteiger partial charge in [-0.05, 0) is 0 Å². The maximum atomic E-state index is 8.63. The van der Waals surface area contributed by atoms with Crippen molar-refractivity contribution in [2.24, 2.45) is 0 Å². The number of hydrogen-bond acceptors (Lipinski definition) is 4. The summed E-state index contributed by atoms with van der Waals surface area (Å²) in [5, 5.41) is 8.63. The minimum absolute atomic E-state index is 0.279. The molecule has 1 aromatic heterocycles. The zero-order chi connectivity index (χ0) is 11.7. The Labute approximate surface area is 98.0 Å². The molecule has 2 heterocycles. The normalized spacial score (nSPS) is 14.3. The first-order chi connectivity index (χ1) is 8.36. The summed E-state index contributed by atoms with van der Waals surface area (Å²) in [6, 6.07) is 5.80. The molecule has 17 heavy (non-hydrogen) atoms. The van der Waals surface area contributed by atoms with E-state index in [1.807, 2.05) is 12.1 Å². The van der Waals surface area contributed by atoms with Gasteiger partial charge in [0.2, 0.25) is 0 Å². The number of nitrogens with one attached hydrogen (secondary N) is 1. The van der Waals surface area contributed by atoms with Gasteiger partial charge in [-0.1, -0.05) is 0 Å². The number of fused-ring (bicyclic) bond motifs is 2. The van der Waals surface area contributed by atoms with Gasteiger partial charge in [0.25, 0.3) is 0 Å². The van der Waals surface area contributed by atoms with Crippen molar-refractivity contribution in [1.29, 1.82) is 5.26 Å². The average molecular weight is 229 g/mol. The van der Waals surface area contributed by atoms with Crippen LogP contribution in [0.15, 0.2) is 12.1 Å². The summed E-state index contributed by atoms with van der Waals surface area (Å²) >= 11 is 0. The van der Waals surface area contributed by atoms with Gasteiger partial charge in [-0.15, -0.1) is 0 Å². The summed E-state index contributed by atoms with van der Waals surface area (Å²) in [5.74, 6) is 2.13. The maximum Gasteiger partial charge on any atom is 0.163 e. The van der Waals surface area contributed by atoms with Crippen LogP contribution in [0.1, 0.15) is 12.2 Å². The third-order valence-corrected chi connectivity index (χ3v) is 2.65. The van der Waals surface area contributed by atoms with Crippen molar-refractivity contribution in [1.82, 2.24) is 9.97 Å². The van der Waals surface area contributed by atoms with E-state index in [1.54, 1.807) is 0 Å². The Balaban J connectivity index is 2.09. The number of nitrogens with zero attached hydrogens (tertiary/aromatic N) is 2. The molecule has 0 aliphatic carbocycles. The zero-order valence-corrected chi connectivity index (χ0v) is 9.19. The molecule has 0 amide bonds. The highest BCUT2D eigenvalue weighted by Gasteiger charge is 2.13. The molecule has 1 aromatic carbocycles. The van der Waals surface area contributed by atoms with Gasteiger partial charge in [0.15, 0.2) is 11.5 Å². The molecule has 0 unspecified atom stereocenters. The molecule has 5 nitrogen and oxygen atoms in total. The van der Waals surface area contributed by atoms with E-state index in [1.165, 1.54) is 0 Å². The molecule has 0 saturated carbocycles. The molecule has 5 heteroatoms. The predicted molar refractivity (Wildman–Crippen MR) is 61.0 cm³/mol. The Morgan fingerprint density at radius 2 is 2.06 bits per heavy atom. The fourth-order valence-corrected chi connectivity index (χ4v) is 1.88. The van der Waals surface area contributed by atoms with Crippen LogP contribution in [0, 0.1) is 11.3 Å². The molecule has 0 spiro atoms. The van der Waals surface area contributed by atoms with Gasteiger partial charge in [0.05, 0.1) is 36.7 Å². The lowest BCUT2D eigenvalue weighted by atomic mass is 10.3. The number of aromatic amines is 1. The average Bonchev–Trinajstić information content (AvgIpc) is 2.55. The van der Waals surface area contributed by atoms with Crippen molar-refractivity contribution in [3.8, 4) is 17.6 Å². The minimum atomic E-state index is 0.279. The molecular weight excluding hydrogens is 218 g/mol. The first-order valence-electron chi connectivity index (χ1n) is 5.52. The van der Waals surface area contributed by atoms with E-state index in [-0.39, 0.29) is 6.42 Å². The highest BCUT2D eigenvalue weighted by molar-refractivity contribution is 5.79. The van der Waals surface area contributed by atoms with Gasteiger partial charge >= 0.3 is 0 Å². The van der Waals surface area contributed by atoms with Crippen molar-refractivity contribution in [2.45, 2.75) is 12.8 Å². The van der Waals surface area contributed by atoms with Gasteiger partial charge in [0.1, 0.15) is 5.82 Å². The molecule has 1 aliphatic heterocycles. The van der Waals surface area contributed by atoms with E-state index in [0.717, 1.165) is 29.0 Å². The summed E-state index contributed by atoms with van der Waals surface area (Å²) in [5.41, 5.74) is 1.68. The quantitative estimate of drug-likeness (QED) is 0.809. The Hall–Kier alpha value is -2.22. The third-order valence-electron chi connectivity index (χ3n) is 2.65. The van der Waals surface area contributed by atoms with Crippen molar-refractivity contribution < 1.29 is 9.47 Å². The number of H-pyrrole nitrogens is 1. The number of aromatic nitrogens is 2. The van der Waals surface area contributed by atoms with Crippen LogP contribution >= 0.6 is 0 Å². The number of hydrogen-bond donors (Lipinski definition) is 1. The number of ether oxygens (including phenoxy) is 2. The summed E-state index contributed by atoms with van der Waals surface area (Å²) in [6.45, 7) is 1.33. The maximum absolute atomic E-state index is 8.63. The summed E-state index contributed by atoms with van der Waals surface area (Å²) < 4.78 is 11.2. The number of benzene rings is 1. The second-order valence-electron chi connectivity index (χ2n) is 3.88. The zero-order valence-electron chi connectivity index (χ0n) is 9.19. The predicted octanol–water partition coefficient (Wildman–Crippen LogP) is 1.79. The van der Waals surface area contributed by atoms with Gasteiger partial charge in [0, 0.05) is 18.6 Å². The van der Waals surface area contributed by atoms with Crippen LogP contribution < -0.4 is 9.47 Å². The number of imidazole rings is 1. The summed E-state index contributed by atoms with van der Waals surface area (Å²) in [4.78, 5) is 7.43. The smallest absolute Gasteiger partial charge is 0.163 e. The van der Waals surface area contributed by atoms with Crippen molar-refractivity contribution in [3.63, 3.8) is 0 Å². The van der Waals surface area contributed by atoms with Gasteiger partial charge in [-0.25, -0.2) is 4.98 Å². The highest BCUT2D eigenvalue weighted by atomic mass is 16.5. The fourth-order valence-electron chi connectivity index (χ4n) is 1.88. The third kappa shape index (κ3) is 1.78. The lowest BCUT2D eigenvalue weighted by Crippen LogP contribution is -1.97. The van der Waals surface area contributed by atoms with E-state index in [4.69, 9.17) is 14.7 Å². The van der Waals surface area contributed by atoms with E-state index in [0.29, 0.717) is 19.0 Å². The topological polar surface area (TPSA) is 70.9 Å². The molecular formula is C12H11N3O2. The fraction of sp³-hybridized carbons (Fsp3) is 0.333. The van der Waals surface area contributed by atoms with Crippen molar-refractivity contribution >= 4 is 11.0 Å². The van der Waals surface area contributed by atoms with E-state index in [2.05, 4.69) is 16.0 Å². The first-order valence-corrected chi connectivity index (χ1v) is 5.52. The minimum Gasteiger partial charge on any atom is -0.489 e. The van der Waals surface area contributed by atoms with Crippen molar-refractivity contribution in [3.05, 3.63) is 18.0 Å². The van der Waals surface area contributed by atoms with Gasteiger partial charge < -0.3 is 14.5 Å². The molecule has 86 valence electrons. The summed E-state index contributed by atoms with van der Waals surface area (Å²) in [6.07, 6.45) is 1.16. The van der Waals surface area contributed by atoms with Crippen LogP contribution in [0.25, 0.3) is 11.0 Å². The van der Waals surface area contributed by atoms with Crippen LogP contribution in [0.2, 0.25) is 0 Å². The van der Waals surface area contributed by atoms with E-state index in [9.17, 15) is 0 Å². The van der Waals surface area contributed by atoms with Gasteiger partial charge in [-0.2, -0.15) is 5.26 Å². The van der Waals surface area contributed by atoms with Gasteiger partial charge in [-0.3, -0.25) is 0 Å². The molecule has 1 aliphatic rings. The molecule has 0 bridgehead atoms. The van der Waals surface area contributed by atoms with Crippen LogP contribution in [0.3, 0.4) is 0 Å². The number of rotatable bonds is 1. The highest BCUT2D eigenvalue weighted by Crippen LogP contribution is 2.33. The largest absolute Gasteiger partial charge is 0.489 e. The SMILES string of the molecule is N#CCc1nc2cc3c(cc2[nH]1)OCCCO3. The molecule has 0 atom stereocenters. The van der Waals surface area contributed by atoms with Crippen LogP contribution in [0.4, 0.5) is 0 Å². The second kappa shape index (κ2) is 3.98.